The van der Waals surface area contributed by atoms with Gasteiger partial charge in [-0.25, -0.2) is 0 Å². The number of amides is 2. The smallest absolute Gasteiger partial charge is 0.261 e. The number of hydrogen-bond acceptors (Lipinski definition) is 3. The summed E-state index contributed by atoms with van der Waals surface area (Å²) in [7, 11) is 0. The van der Waals surface area contributed by atoms with Crippen LogP contribution in [0.15, 0.2) is 14.3 Å². The van der Waals surface area contributed by atoms with E-state index in [4.69, 9.17) is 6.42 Å². The molecule has 0 saturated heterocycles. The van der Waals surface area contributed by atoms with Crippen molar-refractivity contribution in [3.8, 4) is 12.3 Å². The number of hydrogen-bond donors (Lipinski definition) is 2. The first-order chi connectivity index (χ1) is 8.54. The van der Waals surface area contributed by atoms with Gasteiger partial charge in [0.1, 0.15) is 0 Å². The van der Waals surface area contributed by atoms with E-state index in [1.165, 1.54) is 11.3 Å². The Morgan fingerprint density at radius 2 is 2.11 bits per heavy atom. The van der Waals surface area contributed by atoms with E-state index in [1.54, 1.807) is 6.07 Å². The van der Waals surface area contributed by atoms with Crippen LogP contribution in [-0.2, 0) is 4.79 Å². The second-order valence-electron chi connectivity index (χ2n) is 3.22. The highest BCUT2D eigenvalue weighted by Gasteiger charge is 2.11. The maximum atomic E-state index is 11.7. The lowest BCUT2D eigenvalue weighted by Crippen LogP contribution is -2.30. The lowest BCUT2D eigenvalue weighted by Gasteiger charge is -2.03. The number of halogens is 2. The fraction of sp³-hybridized carbons (Fsp3) is 0.273. The highest BCUT2D eigenvalue weighted by atomic mass is 79.9. The molecule has 4 nitrogen and oxygen atoms in total. The van der Waals surface area contributed by atoms with Crippen LogP contribution in [0.2, 0.25) is 0 Å². The van der Waals surface area contributed by atoms with Crippen molar-refractivity contribution in [1.29, 1.82) is 0 Å². The van der Waals surface area contributed by atoms with E-state index in [0.717, 1.165) is 8.26 Å². The number of thiophene rings is 1. The third-order valence-corrected chi connectivity index (χ3v) is 5.15. The standard InChI is InChI=1S/C11H10Br2N2O2S/c1-2-4-14-9(16)3-5-15-11(17)8-6-7(12)10(13)18-8/h1,6H,3-5H2,(H,14,16)(H,15,17). The highest BCUT2D eigenvalue weighted by molar-refractivity contribution is 9.13. The van der Waals surface area contributed by atoms with Crippen LogP contribution in [0.25, 0.3) is 0 Å². The molecule has 0 aliphatic rings. The molecule has 0 bridgehead atoms. The van der Waals surface area contributed by atoms with Gasteiger partial charge in [0.15, 0.2) is 0 Å². The number of carbonyl (C=O) groups is 2. The fourth-order valence-electron chi connectivity index (χ4n) is 1.07. The van der Waals surface area contributed by atoms with Gasteiger partial charge in [-0.05, 0) is 37.9 Å². The van der Waals surface area contributed by atoms with Crippen LogP contribution in [0.5, 0.6) is 0 Å². The van der Waals surface area contributed by atoms with Gasteiger partial charge in [-0.3, -0.25) is 9.59 Å². The summed E-state index contributed by atoms with van der Waals surface area (Å²) in [6.45, 7) is 0.486. The van der Waals surface area contributed by atoms with Gasteiger partial charge in [-0.1, -0.05) is 5.92 Å². The second kappa shape index (κ2) is 7.56. The molecule has 0 atom stereocenters. The maximum Gasteiger partial charge on any atom is 0.261 e. The molecule has 0 aliphatic heterocycles. The summed E-state index contributed by atoms with van der Waals surface area (Å²) in [6, 6.07) is 1.72. The van der Waals surface area contributed by atoms with Crippen molar-refractivity contribution in [3.05, 3.63) is 19.2 Å². The van der Waals surface area contributed by atoms with Crippen LogP contribution in [0.1, 0.15) is 16.1 Å². The molecule has 1 aromatic heterocycles. The van der Waals surface area contributed by atoms with Gasteiger partial charge < -0.3 is 10.6 Å². The zero-order chi connectivity index (χ0) is 13.5. The monoisotopic (exact) mass is 392 g/mol. The van der Waals surface area contributed by atoms with Crippen molar-refractivity contribution in [1.82, 2.24) is 10.6 Å². The van der Waals surface area contributed by atoms with E-state index in [1.807, 2.05) is 0 Å². The molecule has 0 saturated carbocycles. The van der Waals surface area contributed by atoms with Gasteiger partial charge in [-0.2, -0.15) is 0 Å². The molecule has 0 radical (unpaired) electrons. The number of terminal acetylenes is 1. The van der Waals surface area contributed by atoms with Gasteiger partial charge in [0.25, 0.3) is 5.91 Å². The number of nitrogens with one attached hydrogen (secondary N) is 2. The summed E-state index contributed by atoms with van der Waals surface area (Å²) in [6.07, 6.45) is 5.21. The van der Waals surface area contributed by atoms with Crippen LogP contribution in [-0.4, -0.2) is 24.9 Å². The van der Waals surface area contributed by atoms with Gasteiger partial charge in [0.2, 0.25) is 5.91 Å². The molecular weight excluding hydrogens is 384 g/mol. The quantitative estimate of drug-likeness (QED) is 0.753. The molecule has 0 unspecified atom stereocenters. The van der Waals surface area contributed by atoms with E-state index in [-0.39, 0.29) is 31.3 Å². The Bertz CT molecular complexity index is 474. The molecule has 2 N–H and O–H groups in total. The molecule has 0 spiro atoms. The number of rotatable bonds is 5. The molecule has 18 heavy (non-hydrogen) atoms. The Labute approximate surface area is 126 Å². The topological polar surface area (TPSA) is 58.2 Å². The van der Waals surface area contributed by atoms with Crippen molar-refractivity contribution in [3.63, 3.8) is 0 Å². The van der Waals surface area contributed by atoms with E-state index in [0.29, 0.717) is 4.88 Å². The summed E-state index contributed by atoms with van der Waals surface area (Å²) < 4.78 is 1.70. The molecule has 0 aliphatic carbocycles. The SMILES string of the molecule is C#CCNC(=O)CCNC(=O)c1cc(Br)c(Br)s1. The molecule has 0 aromatic carbocycles. The van der Waals surface area contributed by atoms with E-state index in [9.17, 15) is 9.59 Å². The van der Waals surface area contributed by atoms with Gasteiger partial charge in [-0.15, -0.1) is 17.8 Å². The first kappa shape index (κ1) is 15.2. The third kappa shape index (κ3) is 4.80. The molecule has 1 rings (SSSR count). The van der Waals surface area contributed by atoms with Gasteiger partial charge in [0, 0.05) is 17.4 Å². The van der Waals surface area contributed by atoms with Crippen molar-refractivity contribution in [2.45, 2.75) is 6.42 Å². The van der Waals surface area contributed by atoms with Crippen molar-refractivity contribution in [2.24, 2.45) is 0 Å². The van der Waals surface area contributed by atoms with Crippen molar-refractivity contribution >= 4 is 55.0 Å². The summed E-state index contributed by atoms with van der Waals surface area (Å²) in [4.78, 5) is 23.5. The highest BCUT2D eigenvalue weighted by Crippen LogP contribution is 2.32. The third-order valence-electron chi connectivity index (χ3n) is 1.89. The van der Waals surface area contributed by atoms with Crippen molar-refractivity contribution in [2.75, 3.05) is 13.1 Å². The molecule has 1 heterocycles. The summed E-state index contributed by atoms with van der Waals surface area (Å²) in [5, 5.41) is 5.18. The minimum Gasteiger partial charge on any atom is -0.351 e. The van der Waals surface area contributed by atoms with Crippen LogP contribution in [0, 0.1) is 12.3 Å². The van der Waals surface area contributed by atoms with Gasteiger partial charge in [0.05, 0.1) is 15.2 Å². The summed E-state index contributed by atoms with van der Waals surface area (Å²) in [5.74, 6) is 1.93. The fourth-order valence-corrected chi connectivity index (χ4v) is 3.03. The summed E-state index contributed by atoms with van der Waals surface area (Å²) >= 11 is 7.94. The van der Waals surface area contributed by atoms with E-state index < -0.39 is 0 Å². The first-order valence-electron chi connectivity index (χ1n) is 4.97. The average Bonchev–Trinajstić information content (AvgIpc) is 2.67. The van der Waals surface area contributed by atoms with E-state index in [2.05, 4.69) is 48.4 Å². The Morgan fingerprint density at radius 1 is 1.39 bits per heavy atom. The lowest BCUT2D eigenvalue weighted by molar-refractivity contribution is -0.120. The molecular formula is C11H10Br2N2O2S. The minimum absolute atomic E-state index is 0.179. The lowest BCUT2D eigenvalue weighted by atomic mass is 10.3. The Balaban J connectivity index is 2.34. The average molecular weight is 394 g/mol. The van der Waals surface area contributed by atoms with Crippen LogP contribution >= 0.6 is 43.2 Å². The number of carbonyl (C=O) groups excluding carboxylic acids is 2. The normalized spacial score (nSPS) is 9.61. The van der Waals surface area contributed by atoms with Crippen LogP contribution < -0.4 is 10.6 Å². The predicted octanol–water partition coefficient (Wildman–Crippen LogP) is 2.14. The molecule has 1 aromatic rings. The largest absolute Gasteiger partial charge is 0.351 e. The Hall–Kier alpha value is -0.840. The first-order valence-corrected chi connectivity index (χ1v) is 7.38. The maximum absolute atomic E-state index is 11.7. The second-order valence-corrected chi connectivity index (χ2v) is 6.44. The van der Waals surface area contributed by atoms with Crippen LogP contribution in [0.3, 0.4) is 0 Å². The molecule has 0 fully saturated rings. The van der Waals surface area contributed by atoms with E-state index >= 15 is 0 Å². The van der Waals surface area contributed by atoms with Crippen molar-refractivity contribution < 1.29 is 9.59 Å². The predicted molar refractivity (Wildman–Crippen MR) is 78.5 cm³/mol. The van der Waals surface area contributed by atoms with Gasteiger partial charge >= 0.3 is 0 Å². The Kier molecular flexibility index (Phi) is 6.39. The molecule has 7 heteroatoms. The van der Waals surface area contributed by atoms with Crippen LogP contribution in [0.4, 0.5) is 0 Å². The zero-order valence-corrected chi connectivity index (χ0v) is 13.2. The Morgan fingerprint density at radius 3 is 2.67 bits per heavy atom. The summed E-state index contributed by atoms with van der Waals surface area (Å²) in [5.41, 5.74) is 0. The zero-order valence-electron chi connectivity index (χ0n) is 9.26. The minimum atomic E-state index is -0.198. The molecule has 2 amide bonds. The molecule has 96 valence electrons.